The molecule has 0 spiro atoms. The van der Waals surface area contributed by atoms with E-state index in [1.54, 1.807) is 0 Å². The number of rotatable bonds is 4. The summed E-state index contributed by atoms with van der Waals surface area (Å²) in [6, 6.07) is 0. The number of aromatic nitrogens is 2. The van der Waals surface area contributed by atoms with E-state index in [-0.39, 0.29) is 23.2 Å². The highest BCUT2D eigenvalue weighted by Crippen LogP contribution is 2.23. The van der Waals surface area contributed by atoms with Crippen LogP contribution in [0.4, 0.5) is 20.4 Å². The van der Waals surface area contributed by atoms with Gasteiger partial charge in [0, 0.05) is 6.54 Å². The summed E-state index contributed by atoms with van der Waals surface area (Å²) in [7, 11) is 0. The quantitative estimate of drug-likeness (QED) is 0.721. The second kappa shape index (κ2) is 5.04. The second-order valence-electron chi connectivity index (χ2n) is 2.70. The fourth-order valence-electron chi connectivity index (χ4n) is 0.797. The molecular formula is C7H9ClF2N4O. The summed E-state index contributed by atoms with van der Waals surface area (Å²) in [6.45, 7) is -0.367. The molecule has 1 unspecified atom stereocenters. The monoisotopic (exact) mass is 238 g/mol. The van der Waals surface area contributed by atoms with Crippen LogP contribution in [0, 0.1) is 0 Å². The van der Waals surface area contributed by atoms with Gasteiger partial charge >= 0.3 is 0 Å². The molecule has 0 aliphatic heterocycles. The van der Waals surface area contributed by atoms with Gasteiger partial charge in [-0.25, -0.2) is 18.7 Å². The zero-order valence-corrected chi connectivity index (χ0v) is 8.25. The molecule has 1 rings (SSSR count). The Bertz CT molecular complexity index is 339. The molecular weight excluding hydrogens is 230 g/mol. The highest BCUT2D eigenvalue weighted by atomic mass is 35.5. The van der Waals surface area contributed by atoms with Gasteiger partial charge in [-0.05, 0) is 0 Å². The molecule has 15 heavy (non-hydrogen) atoms. The Morgan fingerprint density at radius 1 is 1.53 bits per heavy atom. The SMILES string of the molecule is Nc1ncnc(NCC(O)C(F)F)c1Cl. The largest absolute Gasteiger partial charge is 0.385 e. The molecule has 1 aromatic heterocycles. The number of nitrogens with one attached hydrogen (secondary N) is 1. The third-order valence-corrected chi connectivity index (χ3v) is 1.96. The van der Waals surface area contributed by atoms with Crippen molar-refractivity contribution in [2.45, 2.75) is 12.5 Å². The first-order valence-electron chi connectivity index (χ1n) is 3.98. The molecule has 0 radical (unpaired) electrons. The first-order valence-corrected chi connectivity index (χ1v) is 4.36. The van der Waals surface area contributed by atoms with Gasteiger partial charge in [0.1, 0.15) is 23.3 Å². The van der Waals surface area contributed by atoms with Gasteiger partial charge in [-0.15, -0.1) is 0 Å². The Balaban J connectivity index is 2.62. The Labute approximate surface area is 89.3 Å². The lowest BCUT2D eigenvalue weighted by Gasteiger charge is -2.12. The third kappa shape index (κ3) is 3.14. The summed E-state index contributed by atoms with van der Waals surface area (Å²) in [6.07, 6.45) is -3.47. The van der Waals surface area contributed by atoms with Crippen LogP contribution in [-0.4, -0.2) is 34.1 Å². The second-order valence-corrected chi connectivity index (χ2v) is 3.08. The summed E-state index contributed by atoms with van der Waals surface area (Å²) in [4.78, 5) is 7.27. The van der Waals surface area contributed by atoms with Gasteiger partial charge in [-0.1, -0.05) is 11.6 Å². The number of hydrogen-bond acceptors (Lipinski definition) is 5. The van der Waals surface area contributed by atoms with E-state index in [4.69, 9.17) is 22.4 Å². The molecule has 0 aromatic carbocycles. The van der Waals surface area contributed by atoms with Crippen molar-refractivity contribution >= 4 is 23.2 Å². The zero-order valence-electron chi connectivity index (χ0n) is 7.49. The fourth-order valence-corrected chi connectivity index (χ4v) is 0.961. The lowest BCUT2D eigenvalue weighted by Crippen LogP contribution is -2.27. The standard InChI is InChI=1S/C7H9ClF2N4O/c8-4-6(11)13-2-14-7(4)12-1-3(15)5(9)10/h2-3,5,15H,1H2,(H3,11,12,13,14). The van der Waals surface area contributed by atoms with E-state index >= 15 is 0 Å². The number of anilines is 2. The van der Waals surface area contributed by atoms with Gasteiger partial charge < -0.3 is 16.2 Å². The minimum absolute atomic E-state index is 0.0407. The first kappa shape index (κ1) is 11.9. The molecule has 0 fully saturated rings. The van der Waals surface area contributed by atoms with Crippen LogP contribution in [-0.2, 0) is 0 Å². The normalized spacial score (nSPS) is 12.9. The predicted octanol–water partition coefficient (Wildman–Crippen LogP) is 0.750. The summed E-state index contributed by atoms with van der Waals surface area (Å²) in [5.74, 6) is 0.157. The van der Waals surface area contributed by atoms with Crippen molar-refractivity contribution in [1.29, 1.82) is 0 Å². The van der Waals surface area contributed by atoms with Gasteiger partial charge in [0.25, 0.3) is 6.43 Å². The maximum absolute atomic E-state index is 11.9. The third-order valence-electron chi connectivity index (χ3n) is 1.59. The van der Waals surface area contributed by atoms with Crippen molar-refractivity contribution in [3.05, 3.63) is 11.3 Å². The van der Waals surface area contributed by atoms with Crippen LogP contribution >= 0.6 is 11.6 Å². The highest BCUT2D eigenvalue weighted by Gasteiger charge is 2.17. The molecule has 0 aliphatic carbocycles. The Morgan fingerprint density at radius 3 is 2.80 bits per heavy atom. The Hall–Kier alpha value is -1.21. The van der Waals surface area contributed by atoms with Crippen molar-refractivity contribution in [1.82, 2.24) is 9.97 Å². The van der Waals surface area contributed by atoms with E-state index in [2.05, 4.69) is 15.3 Å². The van der Waals surface area contributed by atoms with Crippen LogP contribution in [0.2, 0.25) is 5.02 Å². The molecule has 1 atom stereocenters. The minimum Gasteiger partial charge on any atom is -0.385 e. The fraction of sp³-hybridized carbons (Fsp3) is 0.429. The van der Waals surface area contributed by atoms with Crippen LogP contribution < -0.4 is 11.1 Å². The van der Waals surface area contributed by atoms with Crippen LogP contribution in [0.15, 0.2) is 6.33 Å². The van der Waals surface area contributed by atoms with E-state index in [9.17, 15) is 8.78 Å². The molecule has 0 saturated heterocycles. The van der Waals surface area contributed by atoms with Gasteiger partial charge in [0.2, 0.25) is 0 Å². The van der Waals surface area contributed by atoms with Gasteiger partial charge in [0.15, 0.2) is 5.82 Å². The smallest absolute Gasteiger partial charge is 0.265 e. The molecule has 0 aliphatic rings. The van der Waals surface area contributed by atoms with Gasteiger partial charge in [0.05, 0.1) is 0 Å². The average molecular weight is 239 g/mol. The highest BCUT2D eigenvalue weighted by molar-refractivity contribution is 6.35. The lowest BCUT2D eigenvalue weighted by atomic mass is 10.3. The molecule has 0 saturated carbocycles. The van der Waals surface area contributed by atoms with Crippen molar-refractivity contribution in [3.8, 4) is 0 Å². The molecule has 0 bridgehead atoms. The number of aliphatic hydroxyl groups excluding tert-OH is 1. The van der Waals surface area contributed by atoms with Gasteiger partial charge in [-0.2, -0.15) is 0 Å². The molecule has 0 amide bonds. The molecule has 4 N–H and O–H groups in total. The number of hydrogen-bond donors (Lipinski definition) is 3. The summed E-state index contributed by atoms with van der Waals surface area (Å²) < 4.78 is 23.9. The number of alkyl halides is 2. The van der Waals surface area contributed by atoms with Crippen molar-refractivity contribution in [2.24, 2.45) is 0 Å². The number of nitrogen functional groups attached to an aromatic ring is 1. The molecule has 8 heteroatoms. The molecule has 5 nitrogen and oxygen atoms in total. The molecule has 84 valence electrons. The number of nitrogens with zero attached hydrogens (tertiary/aromatic N) is 2. The number of nitrogens with two attached hydrogens (primary N) is 1. The van der Waals surface area contributed by atoms with Crippen molar-refractivity contribution < 1.29 is 13.9 Å². The zero-order chi connectivity index (χ0) is 11.4. The maximum Gasteiger partial charge on any atom is 0.265 e. The predicted molar refractivity (Wildman–Crippen MR) is 52.0 cm³/mol. The maximum atomic E-state index is 11.9. The lowest BCUT2D eigenvalue weighted by molar-refractivity contribution is 0.00381. The summed E-state index contributed by atoms with van der Waals surface area (Å²) in [5, 5.41) is 11.3. The van der Waals surface area contributed by atoms with Crippen molar-refractivity contribution in [2.75, 3.05) is 17.6 Å². The Kier molecular flexibility index (Phi) is 3.98. The number of aliphatic hydroxyl groups is 1. The van der Waals surface area contributed by atoms with E-state index in [0.717, 1.165) is 6.33 Å². The van der Waals surface area contributed by atoms with E-state index < -0.39 is 12.5 Å². The summed E-state index contributed by atoms with van der Waals surface area (Å²) >= 11 is 5.67. The van der Waals surface area contributed by atoms with Gasteiger partial charge in [-0.3, -0.25) is 0 Å². The van der Waals surface area contributed by atoms with Crippen LogP contribution in [0.1, 0.15) is 0 Å². The van der Waals surface area contributed by atoms with Crippen LogP contribution in [0.5, 0.6) is 0 Å². The van der Waals surface area contributed by atoms with E-state index in [0.29, 0.717) is 0 Å². The molecule has 1 aromatic rings. The minimum atomic E-state index is -2.82. The average Bonchev–Trinajstić information content (AvgIpc) is 2.19. The number of halogens is 3. The topological polar surface area (TPSA) is 84.1 Å². The van der Waals surface area contributed by atoms with E-state index in [1.165, 1.54) is 0 Å². The van der Waals surface area contributed by atoms with Crippen LogP contribution in [0.3, 0.4) is 0 Å². The molecule has 1 heterocycles. The summed E-state index contributed by atoms with van der Waals surface area (Å²) in [5.41, 5.74) is 5.35. The van der Waals surface area contributed by atoms with Crippen LogP contribution in [0.25, 0.3) is 0 Å². The van der Waals surface area contributed by atoms with E-state index in [1.807, 2.05) is 0 Å². The Morgan fingerprint density at radius 2 is 2.20 bits per heavy atom. The van der Waals surface area contributed by atoms with Crippen molar-refractivity contribution in [3.63, 3.8) is 0 Å². The first-order chi connectivity index (χ1) is 7.02.